The van der Waals surface area contributed by atoms with E-state index in [1.54, 1.807) is 0 Å². The van der Waals surface area contributed by atoms with Crippen LogP contribution in [0.15, 0.2) is 36.4 Å². The highest BCUT2D eigenvalue weighted by Crippen LogP contribution is 2.20. The Morgan fingerprint density at radius 1 is 0.842 bits per heavy atom. The van der Waals surface area contributed by atoms with Crippen molar-refractivity contribution in [1.82, 2.24) is 0 Å². The Kier molecular flexibility index (Phi) is 4.39. The average molecular weight is 253 g/mol. The molecule has 2 rings (SSSR count). The Morgan fingerprint density at radius 2 is 1.37 bits per heavy atom. The minimum Gasteiger partial charge on any atom is -0.330 e. The Morgan fingerprint density at radius 3 is 1.89 bits per heavy atom. The van der Waals surface area contributed by atoms with Gasteiger partial charge in [0.2, 0.25) is 0 Å². The zero-order chi connectivity index (χ0) is 13.8. The predicted octanol–water partition coefficient (Wildman–Crippen LogP) is 3.70. The van der Waals surface area contributed by atoms with E-state index in [1.807, 2.05) is 0 Å². The number of hydrogen-bond acceptors (Lipinski definition) is 1. The van der Waals surface area contributed by atoms with Crippen molar-refractivity contribution in [2.45, 2.75) is 33.6 Å². The van der Waals surface area contributed by atoms with Crippen LogP contribution < -0.4 is 5.73 Å². The quantitative estimate of drug-likeness (QED) is 0.883. The smallest absolute Gasteiger partial charge is 0.00205 e. The van der Waals surface area contributed by atoms with E-state index >= 15 is 0 Å². The number of nitrogens with two attached hydrogens (primary N) is 1. The fourth-order valence-corrected chi connectivity index (χ4v) is 2.68. The van der Waals surface area contributed by atoms with Crippen LogP contribution >= 0.6 is 0 Å². The van der Waals surface area contributed by atoms with Gasteiger partial charge in [-0.05, 0) is 68.0 Å². The predicted molar refractivity (Wildman–Crippen MR) is 82.7 cm³/mol. The summed E-state index contributed by atoms with van der Waals surface area (Å²) < 4.78 is 0. The number of hydrogen-bond donors (Lipinski definition) is 1. The van der Waals surface area contributed by atoms with E-state index in [1.165, 1.54) is 33.4 Å². The van der Waals surface area contributed by atoms with Crippen molar-refractivity contribution in [1.29, 1.82) is 0 Å². The fourth-order valence-electron chi connectivity index (χ4n) is 2.68. The lowest BCUT2D eigenvalue weighted by molar-refractivity contribution is 0.966. The first-order chi connectivity index (χ1) is 9.10. The van der Waals surface area contributed by atoms with Crippen molar-refractivity contribution in [2.24, 2.45) is 5.73 Å². The van der Waals surface area contributed by atoms with Crippen LogP contribution in [0.2, 0.25) is 0 Å². The second-order valence-corrected chi connectivity index (χ2v) is 5.41. The Balaban J connectivity index is 2.21. The highest BCUT2D eigenvalue weighted by molar-refractivity contribution is 5.41. The van der Waals surface area contributed by atoms with E-state index < -0.39 is 0 Å². The Labute approximate surface area is 116 Å². The zero-order valence-corrected chi connectivity index (χ0v) is 12.2. The molecule has 0 spiro atoms. The number of benzene rings is 2. The fraction of sp³-hybridized carbons (Fsp3) is 0.333. The van der Waals surface area contributed by atoms with Crippen LogP contribution in [-0.4, -0.2) is 6.54 Å². The minimum atomic E-state index is 0.718. The molecule has 0 bridgehead atoms. The van der Waals surface area contributed by atoms with Gasteiger partial charge in [0.05, 0.1) is 0 Å². The van der Waals surface area contributed by atoms with E-state index in [4.69, 9.17) is 5.73 Å². The highest BCUT2D eigenvalue weighted by atomic mass is 14.5. The van der Waals surface area contributed by atoms with Crippen LogP contribution in [-0.2, 0) is 12.8 Å². The summed E-state index contributed by atoms with van der Waals surface area (Å²) in [5, 5.41) is 0. The molecule has 0 radical (unpaired) electrons. The van der Waals surface area contributed by atoms with Gasteiger partial charge in [0, 0.05) is 0 Å². The van der Waals surface area contributed by atoms with Crippen LogP contribution in [0, 0.1) is 20.8 Å². The third kappa shape index (κ3) is 3.45. The largest absolute Gasteiger partial charge is 0.330 e. The monoisotopic (exact) mass is 253 g/mol. The second kappa shape index (κ2) is 6.03. The average Bonchev–Trinajstić information content (AvgIpc) is 2.36. The third-order valence-corrected chi connectivity index (χ3v) is 3.68. The van der Waals surface area contributed by atoms with Crippen molar-refractivity contribution >= 4 is 0 Å². The van der Waals surface area contributed by atoms with Crippen molar-refractivity contribution < 1.29 is 0 Å². The maximum atomic E-state index is 5.58. The van der Waals surface area contributed by atoms with Crippen molar-refractivity contribution in [3.63, 3.8) is 0 Å². The van der Waals surface area contributed by atoms with E-state index in [0.29, 0.717) is 0 Å². The molecule has 0 saturated carbocycles. The van der Waals surface area contributed by atoms with Gasteiger partial charge in [0.25, 0.3) is 0 Å². The van der Waals surface area contributed by atoms with Crippen molar-refractivity contribution in [2.75, 3.05) is 6.54 Å². The normalized spacial score (nSPS) is 10.7. The standard InChI is InChI=1S/C18H23N/c1-13-10-14(2)18(15(3)11-13)12-17-6-4-16(5-7-17)8-9-19/h4-7,10-11H,8-9,12,19H2,1-3H3. The maximum absolute atomic E-state index is 5.58. The molecule has 2 aromatic rings. The molecule has 0 aliphatic carbocycles. The van der Waals surface area contributed by atoms with E-state index in [-0.39, 0.29) is 0 Å². The van der Waals surface area contributed by atoms with E-state index in [0.717, 1.165) is 19.4 Å². The van der Waals surface area contributed by atoms with Crippen LogP contribution in [0.1, 0.15) is 33.4 Å². The Bertz CT molecular complexity index is 529. The molecule has 0 atom stereocenters. The van der Waals surface area contributed by atoms with Gasteiger partial charge in [-0.15, -0.1) is 0 Å². The van der Waals surface area contributed by atoms with E-state index in [9.17, 15) is 0 Å². The topological polar surface area (TPSA) is 26.0 Å². The summed E-state index contributed by atoms with van der Waals surface area (Å²) in [6, 6.07) is 13.4. The molecule has 0 heterocycles. The number of aryl methyl sites for hydroxylation is 3. The first kappa shape index (κ1) is 13.8. The molecular formula is C18H23N. The van der Waals surface area contributed by atoms with Gasteiger partial charge < -0.3 is 5.73 Å². The molecule has 0 aromatic heterocycles. The molecule has 0 saturated heterocycles. The molecule has 2 N–H and O–H groups in total. The zero-order valence-electron chi connectivity index (χ0n) is 12.2. The Hall–Kier alpha value is -1.60. The molecule has 19 heavy (non-hydrogen) atoms. The maximum Gasteiger partial charge on any atom is -0.00205 e. The summed E-state index contributed by atoms with van der Waals surface area (Å²) in [7, 11) is 0. The summed E-state index contributed by atoms with van der Waals surface area (Å²) in [4.78, 5) is 0. The van der Waals surface area contributed by atoms with Gasteiger partial charge in [0.15, 0.2) is 0 Å². The van der Waals surface area contributed by atoms with E-state index in [2.05, 4.69) is 57.2 Å². The lowest BCUT2D eigenvalue weighted by Crippen LogP contribution is -2.02. The van der Waals surface area contributed by atoms with Gasteiger partial charge in [-0.3, -0.25) is 0 Å². The van der Waals surface area contributed by atoms with Gasteiger partial charge in [-0.25, -0.2) is 0 Å². The summed E-state index contributed by atoms with van der Waals surface area (Å²) in [6.45, 7) is 7.29. The molecule has 100 valence electrons. The summed E-state index contributed by atoms with van der Waals surface area (Å²) in [6.07, 6.45) is 1.98. The van der Waals surface area contributed by atoms with Gasteiger partial charge in [-0.2, -0.15) is 0 Å². The molecule has 1 nitrogen and oxygen atoms in total. The summed E-state index contributed by atoms with van der Waals surface area (Å²) in [5.74, 6) is 0. The lowest BCUT2D eigenvalue weighted by atomic mass is 9.94. The SMILES string of the molecule is Cc1cc(C)c(Cc2ccc(CCN)cc2)c(C)c1. The first-order valence-corrected chi connectivity index (χ1v) is 6.94. The van der Waals surface area contributed by atoms with Gasteiger partial charge in [0.1, 0.15) is 0 Å². The summed E-state index contributed by atoms with van der Waals surface area (Å²) >= 11 is 0. The van der Waals surface area contributed by atoms with Crippen LogP contribution in [0.25, 0.3) is 0 Å². The molecular weight excluding hydrogens is 230 g/mol. The molecule has 0 aliphatic heterocycles. The lowest BCUT2D eigenvalue weighted by Gasteiger charge is -2.12. The minimum absolute atomic E-state index is 0.718. The van der Waals surface area contributed by atoms with Crippen LogP contribution in [0.3, 0.4) is 0 Å². The van der Waals surface area contributed by atoms with Crippen LogP contribution in [0.4, 0.5) is 0 Å². The molecule has 0 unspecified atom stereocenters. The third-order valence-electron chi connectivity index (χ3n) is 3.68. The van der Waals surface area contributed by atoms with Gasteiger partial charge >= 0.3 is 0 Å². The molecule has 0 fully saturated rings. The van der Waals surface area contributed by atoms with Crippen molar-refractivity contribution in [3.8, 4) is 0 Å². The molecule has 0 aliphatic rings. The molecule has 2 aromatic carbocycles. The number of rotatable bonds is 4. The highest BCUT2D eigenvalue weighted by Gasteiger charge is 2.05. The molecule has 0 amide bonds. The second-order valence-electron chi connectivity index (χ2n) is 5.41. The first-order valence-electron chi connectivity index (χ1n) is 6.94. The van der Waals surface area contributed by atoms with Gasteiger partial charge in [-0.1, -0.05) is 42.0 Å². The van der Waals surface area contributed by atoms with Crippen LogP contribution in [0.5, 0.6) is 0 Å². The summed E-state index contributed by atoms with van der Waals surface area (Å²) in [5.41, 5.74) is 13.9. The van der Waals surface area contributed by atoms with Crippen molar-refractivity contribution in [3.05, 3.63) is 69.8 Å². The molecule has 1 heteroatoms.